The minimum Gasteiger partial charge on any atom is -0.481 e. The molecule has 3 aliphatic rings. The fourth-order valence-corrected chi connectivity index (χ4v) is 3.45. The van der Waals surface area contributed by atoms with Gasteiger partial charge in [0.15, 0.2) is 0 Å². The molecule has 0 saturated carbocycles. The molecule has 6 nitrogen and oxygen atoms in total. The third kappa shape index (κ3) is 1.70. The zero-order valence-electron chi connectivity index (χ0n) is 10.7. The van der Waals surface area contributed by atoms with E-state index in [1.807, 2.05) is 6.08 Å². The number of fused-ring (bicyclic) bond motifs is 1. The van der Waals surface area contributed by atoms with Crippen LogP contribution in [0.5, 0.6) is 0 Å². The van der Waals surface area contributed by atoms with Crippen LogP contribution in [0.15, 0.2) is 12.2 Å². The molecule has 0 aromatic rings. The smallest absolute Gasteiger partial charge is 0.310 e. The van der Waals surface area contributed by atoms with Crippen molar-refractivity contribution >= 4 is 11.9 Å². The lowest BCUT2D eigenvalue weighted by Gasteiger charge is -2.21. The van der Waals surface area contributed by atoms with Crippen molar-refractivity contribution in [2.24, 2.45) is 11.8 Å². The van der Waals surface area contributed by atoms with Crippen molar-refractivity contribution in [3.05, 3.63) is 12.2 Å². The Labute approximate surface area is 111 Å². The summed E-state index contributed by atoms with van der Waals surface area (Å²) in [6.07, 6.45) is 3.94. The third-order valence-electron chi connectivity index (χ3n) is 4.24. The SMILES string of the molecule is COCCCN1C[C@@]23C=C[C@H](O2)[C@H](C(=O)O)[C@@H]3C1=O. The third-order valence-corrected chi connectivity index (χ3v) is 4.24. The summed E-state index contributed by atoms with van der Waals surface area (Å²) in [5, 5.41) is 9.29. The number of carbonyl (C=O) groups excluding carboxylic acids is 1. The van der Waals surface area contributed by atoms with Gasteiger partial charge in [0.25, 0.3) is 0 Å². The van der Waals surface area contributed by atoms with Gasteiger partial charge in [-0.15, -0.1) is 0 Å². The topological polar surface area (TPSA) is 76.1 Å². The predicted octanol–water partition coefficient (Wildman–Crippen LogP) is -0.111. The van der Waals surface area contributed by atoms with Gasteiger partial charge in [-0.25, -0.2) is 0 Å². The van der Waals surface area contributed by atoms with Gasteiger partial charge in [-0.05, 0) is 6.42 Å². The minimum absolute atomic E-state index is 0.102. The number of nitrogens with zero attached hydrogens (tertiary/aromatic N) is 1. The van der Waals surface area contributed by atoms with Crippen molar-refractivity contribution in [3.63, 3.8) is 0 Å². The molecule has 104 valence electrons. The quantitative estimate of drug-likeness (QED) is 0.555. The Kier molecular flexibility index (Phi) is 2.87. The summed E-state index contributed by atoms with van der Waals surface area (Å²) in [4.78, 5) is 25.4. The van der Waals surface area contributed by atoms with Crippen LogP contribution in [-0.4, -0.2) is 60.4 Å². The second-order valence-corrected chi connectivity index (χ2v) is 5.34. The molecule has 2 bridgehead atoms. The van der Waals surface area contributed by atoms with E-state index in [2.05, 4.69) is 0 Å². The van der Waals surface area contributed by atoms with Crippen molar-refractivity contribution in [1.82, 2.24) is 4.90 Å². The number of likely N-dealkylation sites (tertiary alicyclic amines) is 1. The van der Waals surface area contributed by atoms with Crippen molar-refractivity contribution < 1.29 is 24.2 Å². The number of hydrogen-bond donors (Lipinski definition) is 1. The van der Waals surface area contributed by atoms with E-state index in [4.69, 9.17) is 9.47 Å². The monoisotopic (exact) mass is 267 g/mol. The second kappa shape index (κ2) is 4.31. The molecular weight excluding hydrogens is 250 g/mol. The summed E-state index contributed by atoms with van der Waals surface area (Å²) >= 11 is 0. The molecule has 3 rings (SSSR count). The Bertz CT molecular complexity index is 448. The van der Waals surface area contributed by atoms with Gasteiger partial charge in [0.1, 0.15) is 11.5 Å². The number of carboxylic acids is 1. The zero-order valence-corrected chi connectivity index (χ0v) is 10.7. The summed E-state index contributed by atoms with van der Waals surface area (Å²) < 4.78 is 10.8. The molecule has 0 aromatic carbocycles. The van der Waals surface area contributed by atoms with Gasteiger partial charge in [0.2, 0.25) is 5.91 Å². The second-order valence-electron chi connectivity index (χ2n) is 5.34. The normalized spacial score (nSPS) is 39.1. The van der Waals surface area contributed by atoms with Gasteiger partial charge >= 0.3 is 5.97 Å². The highest BCUT2D eigenvalue weighted by Gasteiger charge is 2.66. The Morgan fingerprint density at radius 1 is 1.68 bits per heavy atom. The number of methoxy groups -OCH3 is 1. The molecule has 3 heterocycles. The van der Waals surface area contributed by atoms with E-state index in [-0.39, 0.29) is 5.91 Å². The average Bonchev–Trinajstić information content (AvgIpc) is 2.99. The summed E-state index contributed by atoms with van der Waals surface area (Å²) in [5.41, 5.74) is -0.710. The van der Waals surface area contributed by atoms with Gasteiger partial charge < -0.3 is 19.5 Å². The lowest BCUT2D eigenvalue weighted by molar-refractivity contribution is -0.148. The molecule has 19 heavy (non-hydrogen) atoms. The first-order valence-corrected chi connectivity index (χ1v) is 6.47. The van der Waals surface area contributed by atoms with Crippen molar-refractivity contribution in [3.8, 4) is 0 Å². The summed E-state index contributed by atoms with van der Waals surface area (Å²) in [6, 6.07) is 0. The highest BCUT2D eigenvalue weighted by molar-refractivity contribution is 5.90. The van der Waals surface area contributed by atoms with Crippen LogP contribution in [0.3, 0.4) is 0 Å². The fourth-order valence-electron chi connectivity index (χ4n) is 3.45. The van der Waals surface area contributed by atoms with Crippen LogP contribution in [0.4, 0.5) is 0 Å². The highest BCUT2D eigenvalue weighted by Crippen LogP contribution is 2.51. The molecule has 4 atom stereocenters. The van der Waals surface area contributed by atoms with Crippen LogP contribution in [0.25, 0.3) is 0 Å². The first-order chi connectivity index (χ1) is 9.09. The maximum Gasteiger partial charge on any atom is 0.310 e. The van der Waals surface area contributed by atoms with Crippen LogP contribution in [-0.2, 0) is 19.1 Å². The molecule has 0 unspecified atom stereocenters. The standard InChI is InChI=1S/C13H17NO5/c1-18-6-2-5-14-7-13-4-3-8(19-13)9(12(16)17)10(13)11(14)15/h3-4,8-10H,2,5-7H2,1H3,(H,16,17)/t8-,9-,10+,13+/m0/s1. The van der Waals surface area contributed by atoms with E-state index in [0.717, 1.165) is 6.42 Å². The van der Waals surface area contributed by atoms with Crippen LogP contribution in [0.1, 0.15) is 6.42 Å². The van der Waals surface area contributed by atoms with Gasteiger partial charge in [0, 0.05) is 20.3 Å². The number of hydrogen-bond acceptors (Lipinski definition) is 4. The van der Waals surface area contributed by atoms with E-state index in [9.17, 15) is 14.7 Å². The molecule has 3 aliphatic heterocycles. The summed E-state index contributed by atoms with van der Waals surface area (Å²) in [6.45, 7) is 1.62. The van der Waals surface area contributed by atoms with Crippen LogP contribution in [0.2, 0.25) is 0 Å². The number of rotatable bonds is 5. The fraction of sp³-hybridized carbons (Fsp3) is 0.692. The van der Waals surface area contributed by atoms with E-state index >= 15 is 0 Å². The first kappa shape index (κ1) is 12.6. The lowest BCUT2D eigenvalue weighted by Crippen LogP contribution is -2.39. The van der Waals surface area contributed by atoms with Gasteiger partial charge in [-0.3, -0.25) is 9.59 Å². The average molecular weight is 267 g/mol. The molecule has 2 fully saturated rings. The molecular formula is C13H17NO5. The Hall–Kier alpha value is -1.40. The molecule has 1 N–H and O–H groups in total. The highest BCUT2D eigenvalue weighted by atomic mass is 16.5. The van der Waals surface area contributed by atoms with Crippen molar-refractivity contribution in [2.45, 2.75) is 18.1 Å². The molecule has 0 radical (unpaired) electrons. The molecule has 2 saturated heterocycles. The number of aliphatic carboxylic acids is 1. The van der Waals surface area contributed by atoms with Crippen LogP contribution in [0, 0.1) is 11.8 Å². The predicted molar refractivity (Wildman–Crippen MR) is 64.4 cm³/mol. The van der Waals surface area contributed by atoms with E-state index in [1.165, 1.54) is 0 Å². The summed E-state index contributed by atoms with van der Waals surface area (Å²) in [5.74, 6) is -2.36. The Morgan fingerprint density at radius 3 is 3.16 bits per heavy atom. The lowest BCUT2D eigenvalue weighted by atomic mass is 9.77. The van der Waals surface area contributed by atoms with Gasteiger partial charge in [0.05, 0.1) is 18.6 Å². The number of carboxylic acid groups (broad SMARTS) is 1. The van der Waals surface area contributed by atoms with Crippen LogP contribution >= 0.6 is 0 Å². The number of amides is 1. The minimum atomic E-state index is -0.951. The van der Waals surface area contributed by atoms with E-state index in [1.54, 1.807) is 18.1 Å². The molecule has 1 spiro atoms. The molecule has 0 aromatic heterocycles. The van der Waals surface area contributed by atoms with E-state index in [0.29, 0.717) is 19.7 Å². The molecule has 0 aliphatic carbocycles. The largest absolute Gasteiger partial charge is 0.481 e. The van der Waals surface area contributed by atoms with Crippen LogP contribution < -0.4 is 0 Å². The van der Waals surface area contributed by atoms with Gasteiger partial charge in [-0.2, -0.15) is 0 Å². The molecule has 1 amide bonds. The Balaban J connectivity index is 1.79. The van der Waals surface area contributed by atoms with Crippen molar-refractivity contribution in [2.75, 3.05) is 26.8 Å². The van der Waals surface area contributed by atoms with Crippen molar-refractivity contribution in [1.29, 1.82) is 0 Å². The number of ether oxygens (including phenoxy) is 2. The summed E-state index contributed by atoms with van der Waals surface area (Å²) in [7, 11) is 1.62. The molecule has 6 heteroatoms. The maximum absolute atomic E-state index is 12.4. The Morgan fingerprint density at radius 2 is 2.47 bits per heavy atom. The van der Waals surface area contributed by atoms with E-state index < -0.39 is 29.5 Å². The first-order valence-electron chi connectivity index (χ1n) is 6.47. The maximum atomic E-state index is 12.4. The zero-order chi connectivity index (χ0) is 13.6. The number of carbonyl (C=O) groups is 2. The van der Waals surface area contributed by atoms with Gasteiger partial charge in [-0.1, -0.05) is 12.2 Å².